The number of benzene rings is 1. The number of carbonyl (C=O) groups excluding carboxylic acids is 1. The zero-order chi connectivity index (χ0) is 14.8. The Morgan fingerprint density at radius 2 is 1.79 bits per heavy atom. The molecule has 0 heterocycles. The van der Waals surface area contributed by atoms with Crippen LogP contribution in [0.2, 0.25) is 0 Å². The lowest BCUT2D eigenvalue weighted by molar-refractivity contribution is -0.180. The van der Waals surface area contributed by atoms with Crippen LogP contribution < -0.4 is 0 Å². The van der Waals surface area contributed by atoms with Gasteiger partial charge in [-0.1, -0.05) is 17.7 Å². The summed E-state index contributed by atoms with van der Waals surface area (Å²) in [5.74, 6) is -0.471. The van der Waals surface area contributed by atoms with Gasteiger partial charge >= 0.3 is 0 Å². The molecule has 0 unspecified atom stereocenters. The fourth-order valence-electron chi connectivity index (χ4n) is 2.07. The summed E-state index contributed by atoms with van der Waals surface area (Å²) >= 11 is 0. The van der Waals surface area contributed by atoms with Crippen molar-refractivity contribution in [3.05, 3.63) is 34.4 Å². The van der Waals surface area contributed by atoms with Crippen molar-refractivity contribution in [3.8, 4) is 6.07 Å². The molecule has 0 aliphatic carbocycles. The van der Waals surface area contributed by atoms with Gasteiger partial charge in [-0.15, -0.1) is 0 Å². The molecule has 1 amide bonds. The SMILES string of the molecule is Cc1cc(C)c(CC(=O)N(O)C(C)(C)C#N)c(C)c1. The van der Waals surface area contributed by atoms with Crippen molar-refractivity contribution < 1.29 is 10.0 Å². The van der Waals surface area contributed by atoms with Gasteiger partial charge in [0.2, 0.25) is 0 Å². The zero-order valence-electron chi connectivity index (χ0n) is 12.1. The molecule has 4 nitrogen and oxygen atoms in total. The smallest absolute Gasteiger partial charge is 0.251 e. The number of aryl methyl sites for hydroxylation is 3. The molecule has 1 rings (SSSR count). The molecule has 19 heavy (non-hydrogen) atoms. The fourth-order valence-corrected chi connectivity index (χ4v) is 2.07. The molecule has 102 valence electrons. The Morgan fingerprint density at radius 1 is 1.32 bits per heavy atom. The molecule has 0 radical (unpaired) electrons. The molecule has 0 saturated heterocycles. The van der Waals surface area contributed by atoms with Crippen molar-refractivity contribution in [1.82, 2.24) is 5.06 Å². The molecule has 4 heteroatoms. The monoisotopic (exact) mass is 260 g/mol. The molecular weight excluding hydrogens is 240 g/mol. The van der Waals surface area contributed by atoms with Gasteiger partial charge in [0, 0.05) is 0 Å². The number of hydroxylamine groups is 2. The number of rotatable bonds is 3. The van der Waals surface area contributed by atoms with Crippen molar-refractivity contribution in [2.24, 2.45) is 0 Å². The van der Waals surface area contributed by atoms with Gasteiger partial charge in [0.25, 0.3) is 5.91 Å². The van der Waals surface area contributed by atoms with Crippen molar-refractivity contribution in [1.29, 1.82) is 5.26 Å². The van der Waals surface area contributed by atoms with Crippen molar-refractivity contribution in [2.75, 3.05) is 0 Å². The first-order chi connectivity index (χ1) is 8.69. The van der Waals surface area contributed by atoms with E-state index in [4.69, 9.17) is 5.26 Å². The van der Waals surface area contributed by atoms with Crippen molar-refractivity contribution >= 4 is 5.91 Å². The number of carbonyl (C=O) groups is 1. The number of nitriles is 1. The zero-order valence-corrected chi connectivity index (χ0v) is 12.1. The molecule has 1 aromatic rings. The van der Waals surface area contributed by atoms with Crippen LogP contribution in [0, 0.1) is 32.1 Å². The average Bonchev–Trinajstić information content (AvgIpc) is 2.32. The van der Waals surface area contributed by atoms with Gasteiger partial charge in [-0.25, -0.2) is 5.06 Å². The molecule has 0 fully saturated rings. The minimum Gasteiger partial charge on any atom is -0.284 e. The second-order valence-electron chi connectivity index (χ2n) is 5.43. The topological polar surface area (TPSA) is 64.3 Å². The number of hydrogen-bond acceptors (Lipinski definition) is 3. The van der Waals surface area contributed by atoms with Gasteiger partial charge in [-0.2, -0.15) is 5.26 Å². The van der Waals surface area contributed by atoms with Crippen molar-refractivity contribution in [2.45, 2.75) is 46.6 Å². The van der Waals surface area contributed by atoms with Crippen LogP contribution in [-0.2, 0) is 11.2 Å². The molecule has 0 bridgehead atoms. The third-order valence-electron chi connectivity index (χ3n) is 3.21. The van der Waals surface area contributed by atoms with Crippen molar-refractivity contribution in [3.63, 3.8) is 0 Å². The van der Waals surface area contributed by atoms with E-state index in [0.29, 0.717) is 5.06 Å². The maximum atomic E-state index is 12.0. The lowest BCUT2D eigenvalue weighted by Crippen LogP contribution is -2.45. The lowest BCUT2D eigenvalue weighted by atomic mass is 9.96. The summed E-state index contributed by atoms with van der Waals surface area (Å²) in [6.07, 6.45) is 0.0968. The van der Waals surface area contributed by atoms with E-state index in [-0.39, 0.29) is 6.42 Å². The second kappa shape index (κ2) is 5.41. The fraction of sp³-hybridized carbons (Fsp3) is 0.467. The summed E-state index contributed by atoms with van der Waals surface area (Å²) in [4.78, 5) is 12.0. The Balaban J connectivity index is 2.99. The Labute approximate surface area is 114 Å². The highest BCUT2D eigenvalue weighted by Crippen LogP contribution is 2.19. The van der Waals surface area contributed by atoms with E-state index in [9.17, 15) is 10.0 Å². The molecule has 0 aliphatic heterocycles. The molecule has 0 saturated carbocycles. The van der Waals surface area contributed by atoms with Gasteiger partial charge in [-0.3, -0.25) is 10.0 Å². The Bertz CT molecular complexity index is 519. The normalized spacial score (nSPS) is 11.0. The first kappa shape index (κ1) is 15.2. The molecule has 1 aromatic carbocycles. The van der Waals surface area contributed by atoms with Crippen LogP contribution in [-0.4, -0.2) is 21.7 Å². The van der Waals surface area contributed by atoms with E-state index in [1.54, 1.807) is 0 Å². The van der Waals surface area contributed by atoms with E-state index in [0.717, 1.165) is 22.3 Å². The van der Waals surface area contributed by atoms with Crippen LogP contribution in [0.3, 0.4) is 0 Å². The maximum absolute atomic E-state index is 12.0. The summed E-state index contributed by atoms with van der Waals surface area (Å²) in [7, 11) is 0. The summed E-state index contributed by atoms with van der Waals surface area (Å²) in [5, 5.41) is 19.2. The molecule has 0 atom stereocenters. The Hall–Kier alpha value is -1.86. The molecule has 0 aromatic heterocycles. The van der Waals surface area contributed by atoms with Gasteiger partial charge in [0.15, 0.2) is 5.54 Å². The minimum absolute atomic E-state index is 0.0968. The van der Waals surface area contributed by atoms with E-state index in [1.165, 1.54) is 13.8 Å². The Morgan fingerprint density at radius 3 is 2.21 bits per heavy atom. The highest BCUT2D eigenvalue weighted by molar-refractivity contribution is 5.79. The van der Waals surface area contributed by atoms with Crippen LogP contribution in [0.25, 0.3) is 0 Å². The summed E-state index contributed by atoms with van der Waals surface area (Å²) in [6.45, 7) is 8.89. The first-order valence-electron chi connectivity index (χ1n) is 6.19. The Kier molecular flexibility index (Phi) is 4.33. The van der Waals surface area contributed by atoms with E-state index in [1.807, 2.05) is 39.0 Å². The standard InChI is InChI=1S/C15H20N2O2/c1-10-6-11(2)13(12(3)7-10)8-14(18)17(19)15(4,5)9-16/h6-7,19H,8H2,1-5H3. The third-order valence-corrected chi connectivity index (χ3v) is 3.21. The van der Waals surface area contributed by atoms with E-state index >= 15 is 0 Å². The molecule has 1 N–H and O–H groups in total. The molecular formula is C15H20N2O2. The predicted octanol–water partition coefficient (Wildman–Crippen LogP) is 2.67. The van der Waals surface area contributed by atoms with Crippen LogP contribution in [0.5, 0.6) is 0 Å². The van der Waals surface area contributed by atoms with Gasteiger partial charge in [0.1, 0.15) is 0 Å². The lowest BCUT2D eigenvalue weighted by Gasteiger charge is -2.27. The van der Waals surface area contributed by atoms with Gasteiger partial charge < -0.3 is 0 Å². The number of hydrogen-bond donors (Lipinski definition) is 1. The number of nitrogens with zero attached hydrogens (tertiary/aromatic N) is 2. The molecule has 0 aliphatic rings. The minimum atomic E-state index is -1.22. The van der Waals surface area contributed by atoms with E-state index < -0.39 is 11.4 Å². The highest BCUT2D eigenvalue weighted by Gasteiger charge is 2.30. The van der Waals surface area contributed by atoms with Crippen LogP contribution in [0.1, 0.15) is 36.1 Å². The van der Waals surface area contributed by atoms with Gasteiger partial charge in [-0.05, 0) is 51.3 Å². The van der Waals surface area contributed by atoms with Crippen LogP contribution >= 0.6 is 0 Å². The second-order valence-corrected chi connectivity index (χ2v) is 5.43. The summed E-state index contributed by atoms with van der Waals surface area (Å²) in [5.41, 5.74) is 2.87. The molecule has 0 spiro atoms. The maximum Gasteiger partial charge on any atom is 0.251 e. The summed E-state index contributed by atoms with van der Waals surface area (Å²) < 4.78 is 0. The quantitative estimate of drug-likeness (QED) is 0.671. The van der Waals surface area contributed by atoms with Crippen LogP contribution in [0.4, 0.5) is 0 Å². The largest absolute Gasteiger partial charge is 0.284 e. The summed E-state index contributed by atoms with van der Waals surface area (Å²) in [6, 6.07) is 5.91. The van der Waals surface area contributed by atoms with Gasteiger partial charge in [0.05, 0.1) is 12.5 Å². The van der Waals surface area contributed by atoms with Crippen LogP contribution in [0.15, 0.2) is 12.1 Å². The third kappa shape index (κ3) is 3.33. The highest BCUT2D eigenvalue weighted by atomic mass is 16.5. The van der Waals surface area contributed by atoms with E-state index in [2.05, 4.69) is 0 Å². The number of amides is 1. The first-order valence-corrected chi connectivity index (χ1v) is 6.19. The average molecular weight is 260 g/mol. The predicted molar refractivity (Wildman–Crippen MR) is 72.7 cm³/mol.